The lowest BCUT2D eigenvalue weighted by Crippen LogP contribution is -2.27. The zero-order valence-electron chi connectivity index (χ0n) is 13.6. The molecule has 0 radical (unpaired) electrons. The van der Waals surface area contributed by atoms with Crippen LogP contribution in [-0.4, -0.2) is 30.6 Å². The van der Waals surface area contributed by atoms with Crippen molar-refractivity contribution in [3.8, 4) is 5.75 Å². The van der Waals surface area contributed by atoms with Crippen LogP contribution in [0.4, 0.5) is 5.69 Å². The maximum atomic E-state index is 11.7. The number of benzene rings is 1. The van der Waals surface area contributed by atoms with Crippen molar-refractivity contribution in [3.63, 3.8) is 0 Å². The summed E-state index contributed by atoms with van der Waals surface area (Å²) in [7, 11) is 0. The van der Waals surface area contributed by atoms with Gasteiger partial charge in [0.1, 0.15) is 11.4 Å². The summed E-state index contributed by atoms with van der Waals surface area (Å²) in [6, 6.07) is 5.46. The van der Waals surface area contributed by atoms with Gasteiger partial charge in [-0.1, -0.05) is 6.07 Å². The minimum atomic E-state index is -0.534. The fourth-order valence-corrected chi connectivity index (χ4v) is 1.79. The molecule has 22 heavy (non-hydrogen) atoms. The highest BCUT2D eigenvalue weighted by Crippen LogP contribution is 2.25. The van der Waals surface area contributed by atoms with E-state index in [0.29, 0.717) is 12.3 Å². The third-order valence-electron chi connectivity index (χ3n) is 2.74. The van der Waals surface area contributed by atoms with Gasteiger partial charge in [-0.25, -0.2) is 4.79 Å². The Hall–Kier alpha value is -2.24. The van der Waals surface area contributed by atoms with Crippen molar-refractivity contribution in [2.24, 2.45) is 5.73 Å². The van der Waals surface area contributed by atoms with E-state index in [-0.39, 0.29) is 18.9 Å². The Kier molecular flexibility index (Phi) is 6.22. The quantitative estimate of drug-likeness (QED) is 0.752. The van der Waals surface area contributed by atoms with Crippen molar-refractivity contribution in [2.75, 3.05) is 18.5 Å². The molecule has 1 aromatic carbocycles. The first-order chi connectivity index (χ1) is 10.2. The van der Waals surface area contributed by atoms with E-state index in [1.165, 1.54) is 0 Å². The lowest BCUT2D eigenvalue weighted by atomic mass is 10.1. The fourth-order valence-electron chi connectivity index (χ4n) is 1.79. The Labute approximate surface area is 131 Å². The SMILES string of the molecule is Cc1c(NCCC(N)=O)cccc1OCC(=O)OC(C)(C)C. The molecule has 0 bridgehead atoms. The number of esters is 1. The van der Waals surface area contributed by atoms with Gasteiger partial charge in [0.25, 0.3) is 0 Å². The number of carbonyl (C=O) groups excluding carboxylic acids is 2. The molecule has 0 saturated carbocycles. The summed E-state index contributed by atoms with van der Waals surface area (Å²) in [5.74, 6) is -0.184. The summed E-state index contributed by atoms with van der Waals surface area (Å²) in [4.78, 5) is 22.4. The standard InChI is InChI=1S/C16H24N2O4/c1-11-12(18-9-8-14(17)19)6-5-7-13(11)21-10-15(20)22-16(2,3)4/h5-7,18H,8-10H2,1-4H3,(H2,17,19). The van der Waals surface area contributed by atoms with Gasteiger partial charge < -0.3 is 20.5 Å². The number of ether oxygens (including phenoxy) is 2. The monoisotopic (exact) mass is 308 g/mol. The molecule has 0 saturated heterocycles. The molecule has 122 valence electrons. The van der Waals surface area contributed by atoms with Gasteiger partial charge in [0.05, 0.1) is 0 Å². The Bertz CT molecular complexity index is 535. The van der Waals surface area contributed by atoms with E-state index in [0.717, 1.165) is 11.3 Å². The number of anilines is 1. The first-order valence-corrected chi connectivity index (χ1v) is 7.15. The number of nitrogens with one attached hydrogen (secondary N) is 1. The van der Waals surface area contributed by atoms with E-state index in [2.05, 4.69) is 5.32 Å². The molecule has 1 aromatic rings. The Morgan fingerprint density at radius 3 is 2.55 bits per heavy atom. The first kappa shape index (κ1) is 17.8. The van der Waals surface area contributed by atoms with Crippen molar-refractivity contribution in [3.05, 3.63) is 23.8 Å². The van der Waals surface area contributed by atoms with Crippen molar-refractivity contribution < 1.29 is 19.1 Å². The molecule has 0 unspecified atom stereocenters. The Morgan fingerprint density at radius 2 is 1.95 bits per heavy atom. The van der Waals surface area contributed by atoms with Crippen molar-refractivity contribution in [2.45, 2.75) is 39.7 Å². The highest BCUT2D eigenvalue weighted by Gasteiger charge is 2.17. The maximum Gasteiger partial charge on any atom is 0.344 e. The topological polar surface area (TPSA) is 90.6 Å². The van der Waals surface area contributed by atoms with E-state index >= 15 is 0 Å². The average molecular weight is 308 g/mol. The second kappa shape index (κ2) is 7.68. The van der Waals surface area contributed by atoms with Crippen molar-refractivity contribution >= 4 is 17.6 Å². The largest absolute Gasteiger partial charge is 0.482 e. The van der Waals surface area contributed by atoms with Crippen molar-refractivity contribution in [1.29, 1.82) is 0 Å². The smallest absolute Gasteiger partial charge is 0.344 e. The van der Waals surface area contributed by atoms with Crippen LogP contribution in [0.15, 0.2) is 18.2 Å². The molecule has 0 aliphatic carbocycles. The summed E-state index contributed by atoms with van der Waals surface area (Å²) in [6.07, 6.45) is 0.252. The number of hydrogen-bond acceptors (Lipinski definition) is 5. The molecule has 0 heterocycles. The van der Waals surface area contributed by atoms with Crippen molar-refractivity contribution in [1.82, 2.24) is 0 Å². The van der Waals surface area contributed by atoms with Crippen LogP contribution in [0.1, 0.15) is 32.8 Å². The molecule has 0 aliphatic heterocycles. The number of amides is 1. The van der Waals surface area contributed by atoms with Crippen LogP contribution >= 0.6 is 0 Å². The van der Waals surface area contributed by atoms with Crippen LogP contribution < -0.4 is 15.8 Å². The molecular formula is C16H24N2O4. The zero-order chi connectivity index (χ0) is 16.8. The van der Waals surface area contributed by atoms with Gasteiger partial charge in [-0.05, 0) is 39.8 Å². The summed E-state index contributed by atoms with van der Waals surface area (Å²) in [5.41, 5.74) is 6.26. The minimum absolute atomic E-state index is 0.150. The summed E-state index contributed by atoms with van der Waals surface area (Å²) < 4.78 is 10.7. The Balaban J connectivity index is 2.60. The van der Waals surface area contributed by atoms with E-state index in [1.807, 2.05) is 19.1 Å². The Morgan fingerprint density at radius 1 is 1.27 bits per heavy atom. The van der Waals surface area contributed by atoms with Gasteiger partial charge in [0.15, 0.2) is 6.61 Å². The predicted octanol–water partition coefficient (Wildman–Crippen LogP) is 2.00. The van der Waals surface area contributed by atoms with Crippen LogP contribution in [0.5, 0.6) is 5.75 Å². The van der Waals surface area contributed by atoms with E-state index in [4.69, 9.17) is 15.2 Å². The zero-order valence-corrected chi connectivity index (χ0v) is 13.6. The number of carbonyl (C=O) groups is 2. The molecule has 0 atom stereocenters. The van der Waals surface area contributed by atoms with Gasteiger partial charge in [0.2, 0.25) is 5.91 Å². The van der Waals surface area contributed by atoms with Gasteiger partial charge >= 0.3 is 5.97 Å². The van der Waals surface area contributed by atoms with Gasteiger partial charge in [-0.15, -0.1) is 0 Å². The third-order valence-corrected chi connectivity index (χ3v) is 2.74. The molecule has 0 spiro atoms. The van der Waals surface area contributed by atoms with Crippen LogP contribution in [0, 0.1) is 6.92 Å². The van der Waals surface area contributed by atoms with Crippen LogP contribution in [0.3, 0.4) is 0 Å². The third kappa shape index (κ3) is 6.47. The minimum Gasteiger partial charge on any atom is -0.482 e. The molecule has 6 nitrogen and oxygen atoms in total. The summed E-state index contributed by atoms with van der Waals surface area (Å²) in [5, 5.41) is 3.11. The number of hydrogen-bond donors (Lipinski definition) is 2. The summed E-state index contributed by atoms with van der Waals surface area (Å²) in [6.45, 7) is 7.59. The molecule has 0 aliphatic rings. The number of nitrogens with two attached hydrogens (primary N) is 1. The lowest BCUT2D eigenvalue weighted by molar-refractivity contribution is -0.157. The highest BCUT2D eigenvalue weighted by atomic mass is 16.6. The fraction of sp³-hybridized carbons (Fsp3) is 0.500. The van der Waals surface area contributed by atoms with E-state index < -0.39 is 11.6 Å². The predicted molar refractivity (Wildman–Crippen MR) is 84.8 cm³/mol. The molecule has 1 rings (SSSR count). The second-order valence-corrected chi connectivity index (χ2v) is 5.95. The lowest BCUT2D eigenvalue weighted by Gasteiger charge is -2.20. The molecular weight excluding hydrogens is 284 g/mol. The van der Waals surface area contributed by atoms with E-state index in [9.17, 15) is 9.59 Å². The molecule has 3 N–H and O–H groups in total. The van der Waals surface area contributed by atoms with Gasteiger partial charge in [-0.2, -0.15) is 0 Å². The van der Waals surface area contributed by atoms with Crippen LogP contribution in [0.25, 0.3) is 0 Å². The second-order valence-electron chi connectivity index (χ2n) is 5.95. The normalized spacial score (nSPS) is 10.9. The van der Waals surface area contributed by atoms with Crippen LogP contribution in [0.2, 0.25) is 0 Å². The number of rotatable bonds is 7. The average Bonchev–Trinajstić information content (AvgIpc) is 2.37. The number of primary amides is 1. The highest BCUT2D eigenvalue weighted by molar-refractivity contribution is 5.74. The molecule has 0 fully saturated rings. The molecule has 0 aromatic heterocycles. The molecule has 1 amide bonds. The van der Waals surface area contributed by atoms with Gasteiger partial charge in [0, 0.05) is 24.2 Å². The van der Waals surface area contributed by atoms with Crippen LogP contribution in [-0.2, 0) is 14.3 Å². The summed E-state index contributed by atoms with van der Waals surface area (Å²) >= 11 is 0. The maximum absolute atomic E-state index is 11.7. The molecule has 6 heteroatoms. The van der Waals surface area contributed by atoms with E-state index in [1.54, 1.807) is 26.8 Å². The van der Waals surface area contributed by atoms with Gasteiger partial charge in [-0.3, -0.25) is 4.79 Å². The first-order valence-electron chi connectivity index (χ1n) is 7.15.